The molecule has 0 bridgehead atoms. The number of rotatable bonds is 5. The zero-order valence-electron chi connectivity index (χ0n) is 11.4. The molecule has 5 nitrogen and oxygen atoms in total. The van der Waals surface area contributed by atoms with Gasteiger partial charge in [-0.3, -0.25) is 4.90 Å². The molecule has 1 fully saturated rings. The van der Waals surface area contributed by atoms with Gasteiger partial charge < -0.3 is 9.63 Å². The van der Waals surface area contributed by atoms with Crippen molar-refractivity contribution >= 4 is 0 Å². The van der Waals surface area contributed by atoms with E-state index in [0.717, 1.165) is 38.8 Å². The molecule has 0 spiro atoms. The van der Waals surface area contributed by atoms with E-state index in [1.807, 2.05) is 6.92 Å². The normalized spacial score (nSPS) is 25.5. The molecule has 0 aromatic carbocycles. The van der Waals surface area contributed by atoms with Crippen LogP contribution in [0.2, 0.25) is 0 Å². The molecule has 18 heavy (non-hydrogen) atoms. The minimum absolute atomic E-state index is 0.0715. The van der Waals surface area contributed by atoms with Gasteiger partial charge in [-0.05, 0) is 32.7 Å². The van der Waals surface area contributed by atoms with Crippen LogP contribution in [-0.4, -0.2) is 39.8 Å². The van der Waals surface area contributed by atoms with E-state index in [-0.39, 0.29) is 12.0 Å². The second-order valence-corrected chi connectivity index (χ2v) is 5.46. The maximum atomic E-state index is 9.68. The maximum absolute atomic E-state index is 9.68. The molecule has 0 radical (unpaired) electrons. The summed E-state index contributed by atoms with van der Waals surface area (Å²) in [4.78, 5) is 6.56. The molecule has 102 valence electrons. The number of hydrogen-bond donors (Lipinski definition) is 1. The van der Waals surface area contributed by atoms with E-state index in [2.05, 4.69) is 22.0 Å². The third kappa shape index (κ3) is 3.09. The number of nitrogens with zero attached hydrogens (tertiary/aromatic N) is 3. The molecule has 1 aromatic rings. The molecule has 5 heteroatoms. The summed E-state index contributed by atoms with van der Waals surface area (Å²) >= 11 is 0. The van der Waals surface area contributed by atoms with E-state index >= 15 is 0 Å². The zero-order valence-corrected chi connectivity index (χ0v) is 11.4. The standard InChI is InChI=1S/C13H23N3O2/c1-3-5-13(10-17)6-4-7-16(9-13)8-12-14-11(2)15-18-12/h17H,3-10H2,1-2H3/t13-/m1/s1. The average Bonchev–Trinajstić information content (AvgIpc) is 2.75. The van der Waals surface area contributed by atoms with Crippen LogP contribution in [0.25, 0.3) is 0 Å². The maximum Gasteiger partial charge on any atom is 0.240 e. The van der Waals surface area contributed by atoms with Crippen molar-refractivity contribution in [3.8, 4) is 0 Å². The molecule has 0 amide bonds. The van der Waals surface area contributed by atoms with Crippen LogP contribution >= 0.6 is 0 Å². The molecule has 1 atom stereocenters. The van der Waals surface area contributed by atoms with Gasteiger partial charge in [-0.25, -0.2) is 0 Å². The van der Waals surface area contributed by atoms with E-state index in [1.165, 1.54) is 0 Å². The number of aliphatic hydroxyl groups excluding tert-OH is 1. The molecule has 0 saturated carbocycles. The lowest BCUT2D eigenvalue weighted by atomic mass is 9.77. The summed E-state index contributed by atoms with van der Waals surface area (Å²) in [5, 5.41) is 13.5. The minimum atomic E-state index is 0.0715. The minimum Gasteiger partial charge on any atom is -0.396 e. The van der Waals surface area contributed by atoms with Gasteiger partial charge in [0.2, 0.25) is 5.89 Å². The van der Waals surface area contributed by atoms with Gasteiger partial charge >= 0.3 is 0 Å². The van der Waals surface area contributed by atoms with Gasteiger partial charge in [0, 0.05) is 18.6 Å². The van der Waals surface area contributed by atoms with E-state index in [1.54, 1.807) is 0 Å². The Kier molecular flexibility index (Phi) is 4.35. The highest BCUT2D eigenvalue weighted by molar-refractivity contribution is 4.89. The van der Waals surface area contributed by atoms with Gasteiger partial charge in [0.1, 0.15) is 0 Å². The van der Waals surface area contributed by atoms with Crippen molar-refractivity contribution in [2.24, 2.45) is 5.41 Å². The van der Waals surface area contributed by atoms with Crippen LogP contribution in [0.4, 0.5) is 0 Å². The molecular weight excluding hydrogens is 230 g/mol. The van der Waals surface area contributed by atoms with Crippen LogP contribution in [0.5, 0.6) is 0 Å². The van der Waals surface area contributed by atoms with Gasteiger partial charge in [-0.15, -0.1) is 0 Å². The quantitative estimate of drug-likeness (QED) is 0.866. The van der Waals surface area contributed by atoms with E-state index in [0.29, 0.717) is 18.3 Å². The Morgan fingerprint density at radius 3 is 2.94 bits per heavy atom. The summed E-state index contributed by atoms with van der Waals surface area (Å²) in [6.07, 6.45) is 4.46. The van der Waals surface area contributed by atoms with Gasteiger partial charge in [0.25, 0.3) is 0 Å². The number of piperidine rings is 1. The van der Waals surface area contributed by atoms with Crippen LogP contribution in [0, 0.1) is 12.3 Å². The highest BCUT2D eigenvalue weighted by Crippen LogP contribution is 2.34. The summed E-state index contributed by atoms with van der Waals surface area (Å²) < 4.78 is 5.16. The molecule has 1 aliphatic heterocycles. The first kappa shape index (κ1) is 13.5. The molecule has 2 rings (SSSR count). The molecule has 1 aromatic heterocycles. The van der Waals surface area contributed by atoms with Gasteiger partial charge in [0.05, 0.1) is 6.54 Å². The zero-order chi connectivity index (χ0) is 13.0. The highest BCUT2D eigenvalue weighted by Gasteiger charge is 2.34. The molecule has 1 saturated heterocycles. The number of aliphatic hydroxyl groups is 1. The van der Waals surface area contributed by atoms with E-state index in [4.69, 9.17) is 4.52 Å². The number of hydrogen-bond acceptors (Lipinski definition) is 5. The molecular formula is C13H23N3O2. The fraction of sp³-hybridized carbons (Fsp3) is 0.846. The smallest absolute Gasteiger partial charge is 0.240 e. The molecule has 1 aliphatic rings. The SMILES string of the molecule is CCC[C@@]1(CO)CCCN(Cc2nc(C)no2)C1. The molecule has 0 aliphatic carbocycles. The summed E-state index contributed by atoms with van der Waals surface area (Å²) in [6, 6.07) is 0. The number of aryl methyl sites for hydroxylation is 1. The Hall–Kier alpha value is -0.940. The molecule has 1 N–H and O–H groups in total. The summed E-state index contributed by atoms with van der Waals surface area (Å²) in [6.45, 7) is 6.97. The summed E-state index contributed by atoms with van der Waals surface area (Å²) in [5.74, 6) is 1.36. The van der Waals surface area contributed by atoms with Crippen molar-refractivity contribution < 1.29 is 9.63 Å². The Labute approximate surface area is 108 Å². The predicted molar refractivity (Wildman–Crippen MR) is 68.0 cm³/mol. The Bertz CT molecular complexity index is 376. The average molecular weight is 253 g/mol. The first-order chi connectivity index (χ1) is 8.67. The van der Waals surface area contributed by atoms with Gasteiger partial charge in [-0.1, -0.05) is 18.5 Å². The van der Waals surface area contributed by atoms with Crippen LogP contribution in [0.1, 0.15) is 44.3 Å². The van der Waals surface area contributed by atoms with Crippen molar-refractivity contribution in [2.75, 3.05) is 19.7 Å². The Morgan fingerprint density at radius 2 is 2.33 bits per heavy atom. The fourth-order valence-corrected chi connectivity index (χ4v) is 2.98. The van der Waals surface area contributed by atoms with Crippen LogP contribution in [-0.2, 0) is 6.54 Å². The predicted octanol–water partition coefficient (Wildman–Crippen LogP) is 1.75. The lowest BCUT2D eigenvalue weighted by Crippen LogP contribution is -2.44. The second-order valence-electron chi connectivity index (χ2n) is 5.46. The van der Waals surface area contributed by atoms with Crippen LogP contribution in [0.15, 0.2) is 4.52 Å². The largest absolute Gasteiger partial charge is 0.396 e. The third-order valence-electron chi connectivity index (χ3n) is 3.78. The summed E-state index contributed by atoms with van der Waals surface area (Å²) in [5.41, 5.74) is 0.0715. The Balaban J connectivity index is 1.97. The van der Waals surface area contributed by atoms with Crippen molar-refractivity contribution in [1.82, 2.24) is 15.0 Å². The van der Waals surface area contributed by atoms with Gasteiger partial charge in [0.15, 0.2) is 5.82 Å². The lowest BCUT2D eigenvalue weighted by Gasteiger charge is -2.41. The van der Waals surface area contributed by atoms with Crippen LogP contribution in [0.3, 0.4) is 0 Å². The van der Waals surface area contributed by atoms with Crippen LogP contribution < -0.4 is 0 Å². The van der Waals surface area contributed by atoms with E-state index in [9.17, 15) is 5.11 Å². The van der Waals surface area contributed by atoms with Crippen molar-refractivity contribution in [3.05, 3.63) is 11.7 Å². The van der Waals surface area contributed by atoms with Crippen molar-refractivity contribution in [1.29, 1.82) is 0 Å². The van der Waals surface area contributed by atoms with E-state index < -0.39 is 0 Å². The molecule has 0 unspecified atom stereocenters. The number of likely N-dealkylation sites (tertiary alicyclic amines) is 1. The second kappa shape index (κ2) is 5.80. The number of aromatic nitrogens is 2. The van der Waals surface area contributed by atoms with Crippen molar-refractivity contribution in [2.45, 2.75) is 46.1 Å². The molecule has 2 heterocycles. The highest BCUT2D eigenvalue weighted by atomic mass is 16.5. The fourth-order valence-electron chi connectivity index (χ4n) is 2.98. The van der Waals surface area contributed by atoms with Gasteiger partial charge in [-0.2, -0.15) is 4.98 Å². The van der Waals surface area contributed by atoms with Crippen molar-refractivity contribution in [3.63, 3.8) is 0 Å². The monoisotopic (exact) mass is 253 g/mol. The summed E-state index contributed by atoms with van der Waals surface area (Å²) in [7, 11) is 0. The topological polar surface area (TPSA) is 62.4 Å². The first-order valence-corrected chi connectivity index (χ1v) is 6.80. The third-order valence-corrected chi connectivity index (χ3v) is 3.78. The lowest BCUT2D eigenvalue weighted by molar-refractivity contribution is 0.0177. The first-order valence-electron chi connectivity index (χ1n) is 6.80. The Morgan fingerprint density at radius 1 is 1.50 bits per heavy atom.